The number of carbonyl (C=O) groups is 1. The van der Waals surface area contributed by atoms with Crippen molar-refractivity contribution >= 4 is 5.97 Å². The fraction of sp³-hybridized carbons (Fsp3) is 0.462. The Morgan fingerprint density at radius 1 is 1.25 bits per heavy atom. The van der Waals surface area contributed by atoms with Gasteiger partial charge in [-0.1, -0.05) is 30.3 Å². The number of ether oxygens (including phenoxy) is 2. The Morgan fingerprint density at radius 2 is 1.94 bits per heavy atom. The van der Waals surface area contributed by atoms with Gasteiger partial charge in [-0.15, -0.1) is 0 Å². The van der Waals surface area contributed by atoms with Crippen molar-refractivity contribution < 1.29 is 14.3 Å². The van der Waals surface area contributed by atoms with Gasteiger partial charge in [0.15, 0.2) is 0 Å². The molecule has 0 aromatic heterocycles. The Hall–Kier alpha value is -1.35. The maximum absolute atomic E-state index is 11.9. The van der Waals surface area contributed by atoms with Gasteiger partial charge in [-0.2, -0.15) is 0 Å². The largest absolute Gasteiger partial charge is 0.463 e. The highest BCUT2D eigenvalue weighted by Crippen LogP contribution is 2.49. The smallest absolute Gasteiger partial charge is 0.316 e. The van der Waals surface area contributed by atoms with Crippen molar-refractivity contribution in [3.05, 3.63) is 35.9 Å². The molecule has 86 valence electrons. The third-order valence-electron chi connectivity index (χ3n) is 2.99. The summed E-state index contributed by atoms with van der Waals surface area (Å²) in [6.07, 6.45) is 1.78. The molecule has 0 aliphatic heterocycles. The Labute approximate surface area is 95.4 Å². The second-order valence-electron chi connectivity index (χ2n) is 4.08. The number of carbonyl (C=O) groups excluding carboxylic acids is 1. The molecule has 0 saturated heterocycles. The second kappa shape index (κ2) is 4.66. The van der Waals surface area contributed by atoms with Crippen LogP contribution in [0.4, 0.5) is 0 Å². The molecule has 1 aliphatic carbocycles. The summed E-state index contributed by atoms with van der Waals surface area (Å²) in [5, 5.41) is 0. The topological polar surface area (TPSA) is 35.5 Å². The Morgan fingerprint density at radius 3 is 2.50 bits per heavy atom. The van der Waals surface area contributed by atoms with Crippen LogP contribution in [-0.2, 0) is 19.7 Å². The van der Waals surface area contributed by atoms with Gasteiger partial charge < -0.3 is 9.47 Å². The van der Waals surface area contributed by atoms with Crippen LogP contribution in [0.25, 0.3) is 0 Å². The van der Waals surface area contributed by atoms with E-state index in [1.807, 2.05) is 30.3 Å². The first-order valence-corrected chi connectivity index (χ1v) is 5.51. The molecule has 0 bridgehead atoms. The van der Waals surface area contributed by atoms with E-state index in [-0.39, 0.29) is 11.4 Å². The molecule has 0 N–H and O–H groups in total. The molecule has 0 atom stereocenters. The van der Waals surface area contributed by atoms with E-state index in [4.69, 9.17) is 9.47 Å². The number of hydrogen-bond donors (Lipinski definition) is 0. The zero-order chi connectivity index (χ0) is 11.4. The first-order valence-electron chi connectivity index (χ1n) is 5.51. The van der Waals surface area contributed by atoms with Gasteiger partial charge >= 0.3 is 5.97 Å². The van der Waals surface area contributed by atoms with Crippen LogP contribution in [0.3, 0.4) is 0 Å². The third-order valence-corrected chi connectivity index (χ3v) is 2.99. The fourth-order valence-corrected chi connectivity index (χ4v) is 1.85. The second-order valence-corrected chi connectivity index (χ2v) is 4.08. The van der Waals surface area contributed by atoms with Crippen LogP contribution >= 0.6 is 0 Å². The summed E-state index contributed by atoms with van der Waals surface area (Å²) in [5.41, 5.74) is 0.701. The SMILES string of the molecule is COCCOC(=O)C1(c2ccccc2)CC1. The van der Waals surface area contributed by atoms with Crippen molar-refractivity contribution in [1.82, 2.24) is 0 Å². The van der Waals surface area contributed by atoms with E-state index in [1.165, 1.54) is 0 Å². The van der Waals surface area contributed by atoms with E-state index >= 15 is 0 Å². The van der Waals surface area contributed by atoms with Crippen LogP contribution in [0, 0.1) is 0 Å². The average molecular weight is 220 g/mol. The van der Waals surface area contributed by atoms with Crippen molar-refractivity contribution in [3.8, 4) is 0 Å². The molecule has 3 heteroatoms. The molecule has 0 spiro atoms. The number of methoxy groups -OCH3 is 1. The summed E-state index contributed by atoms with van der Waals surface area (Å²) in [6, 6.07) is 9.85. The lowest BCUT2D eigenvalue weighted by Gasteiger charge is -2.14. The van der Waals surface area contributed by atoms with Gasteiger partial charge in [0.1, 0.15) is 6.61 Å². The van der Waals surface area contributed by atoms with Gasteiger partial charge in [0.25, 0.3) is 0 Å². The van der Waals surface area contributed by atoms with Crippen molar-refractivity contribution in [3.63, 3.8) is 0 Å². The van der Waals surface area contributed by atoms with E-state index < -0.39 is 0 Å². The van der Waals surface area contributed by atoms with Gasteiger partial charge in [0.05, 0.1) is 12.0 Å². The first-order chi connectivity index (χ1) is 7.79. The molecular formula is C13H16O3. The predicted octanol–water partition coefficient (Wildman–Crippen LogP) is 1.91. The van der Waals surface area contributed by atoms with Crippen LogP contribution in [-0.4, -0.2) is 26.3 Å². The van der Waals surface area contributed by atoms with E-state index in [0.29, 0.717) is 13.2 Å². The van der Waals surface area contributed by atoms with Crippen molar-refractivity contribution in [2.24, 2.45) is 0 Å². The normalized spacial score (nSPS) is 16.8. The van der Waals surface area contributed by atoms with Crippen molar-refractivity contribution in [2.45, 2.75) is 18.3 Å². The highest BCUT2D eigenvalue weighted by atomic mass is 16.6. The summed E-state index contributed by atoms with van der Waals surface area (Å²) >= 11 is 0. The molecule has 0 radical (unpaired) electrons. The quantitative estimate of drug-likeness (QED) is 0.561. The van der Waals surface area contributed by atoms with E-state index in [0.717, 1.165) is 18.4 Å². The summed E-state index contributed by atoms with van der Waals surface area (Å²) in [6.45, 7) is 0.792. The van der Waals surface area contributed by atoms with Crippen LogP contribution in [0.1, 0.15) is 18.4 Å². The predicted molar refractivity (Wildman–Crippen MR) is 60.2 cm³/mol. The van der Waals surface area contributed by atoms with Crippen molar-refractivity contribution in [1.29, 1.82) is 0 Å². The summed E-state index contributed by atoms with van der Waals surface area (Å²) in [4.78, 5) is 11.9. The van der Waals surface area contributed by atoms with Gasteiger partial charge in [0, 0.05) is 7.11 Å². The molecule has 0 unspecified atom stereocenters. The molecule has 16 heavy (non-hydrogen) atoms. The zero-order valence-electron chi connectivity index (χ0n) is 9.44. The highest BCUT2D eigenvalue weighted by Gasteiger charge is 2.52. The number of esters is 1. The molecule has 1 saturated carbocycles. The van der Waals surface area contributed by atoms with Gasteiger partial charge in [-0.05, 0) is 18.4 Å². The van der Waals surface area contributed by atoms with Crippen LogP contribution < -0.4 is 0 Å². The Balaban J connectivity index is 2.00. The minimum atomic E-state index is -0.366. The van der Waals surface area contributed by atoms with Gasteiger partial charge in [-0.25, -0.2) is 0 Å². The molecule has 0 heterocycles. The molecule has 0 amide bonds. The highest BCUT2D eigenvalue weighted by molar-refractivity contribution is 5.86. The van der Waals surface area contributed by atoms with E-state index in [2.05, 4.69) is 0 Å². The van der Waals surface area contributed by atoms with E-state index in [1.54, 1.807) is 7.11 Å². The molecule has 3 nitrogen and oxygen atoms in total. The molecule has 2 rings (SSSR count). The standard InChI is InChI=1S/C13H16O3/c1-15-9-10-16-12(14)13(7-8-13)11-5-3-2-4-6-11/h2-6H,7-10H2,1H3. The number of rotatable bonds is 5. The Bertz CT molecular complexity index is 355. The number of benzene rings is 1. The lowest BCUT2D eigenvalue weighted by Crippen LogP contribution is -2.24. The first kappa shape index (κ1) is 11.1. The zero-order valence-corrected chi connectivity index (χ0v) is 9.44. The summed E-state index contributed by atoms with van der Waals surface area (Å²) in [7, 11) is 1.60. The van der Waals surface area contributed by atoms with Crippen LogP contribution in [0.5, 0.6) is 0 Å². The molecule has 1 aliphatic rings. The maximum Gasteiger partial charge on any atom is 0.316 e. The lowest BCUT2D eigenvalue weighted by molar-refractivity contribution is -0.148. The molecular weight excluding hydrogens is 204 g/mol. The number of hydrogen-bond acceptors (Lipinski definition) is 3. The lowest BCUT2D eigenvalue weighted by atomic mass is 9.96. The molecule has 1 fully saturated rings. The summed E-state index contributed by atoms with van der Waals surface area (Å²) < 4.78 is 10.1. The average Bonchev–Trinajstić information content (AvgIpc) is 3.12. The van der Waals surface area contributed by atoms with Gasteiger partial charge in [0.2, 0.25) is 0 Å². The third kappa shape index (κ3) is 2.09. The molecule has 1 aromatic carbocycles. The monoisotopic (exact) mass is 220 g/mol. The van der Waals surface area contributed by atoms with Crippen molar-refractivity contribution in [2.75, 3.05) is 20.3 Å². The maximum atomic E-state index is 11.9. The van der Waals surface area contributed by atoms with Gasteiger partial charge in [-0.3, -0.25) is 4.79 Å². The van der Waals surface area contributed by atoms with E-state index in [9.17, 15) is 4.79 Å². The minimum Gasteiger partial charge on any atom is -0.463 e. The molecule has 1 aromatic rings. The Kier molecular flexibility index (Phi) is 3.25. The summed E-state index contributed by atoms with van der Waals surface area (Å²) in [5.74, 6) is -0.115. The minimum absolute atomic E-state index is 0.115. The van der Waals surface area contributed by atoms with Crippen LogP contribution in [0.2, 0.25) is 0 Å². The fourth-order valence-electron chi connectivity index (χ4n) is 1.85. The van der Waals surface area contributed by atoms with Crippen LogP contribution in [0.15, 0.2) is 30.3 Å².